The van der Waals surface area contributed by atoms with Crippen molar-refractivity contribution in [2.75, 3.05) is 12.8 Å². The van der Waals surface area contributed by atoms with E-state index in [1.54, 1.807) is 11.8 Å². The fraction of sp³-hybridized carbons (Fsp3) is 0.562. The molecule has 0 saturated heterocycles. The third-order valence-corrected chi connectivity index (χ3v) is 4.42. The molecule has 2 nitrogen and oxygen atoms in total. The molecule has 0 fully saturated rings. The van der Waals surface area contributed by atoms with E-state index < -0.39 is 0 Å². The van der Waals surface area contributed by atoms with Crippen LogP contribution in [0.1, 0.15) is 44.9 Å². The third-order valence-electron chi connectivity index (χ3n) is 3.16. The van der Waals surface area contributed by atoms with Gasteiger partial charge in [0.25, 0.3) is 0 Å². The quantitative estimate of drug-likeness (QED) is 0.829. The molecule has 1 unspecified atom stereocenters. The van der Waals surface area contributed by atoms with Crippen molar-refractivity contribution >= 4 is 17.7 Å². The second-order valence-corrected chi connectivity index (χ2v) is 7.79. The van der Waals surface area contributed by atoms with Gasteiger partial charge in [-0.2, -0.15) is 0 Å². The lowest BCUT2D eigenvalue weighted by molar-refractivity contribution is -0.128. The molecule has 19 heavy (non-hydrogen) atoms. The highest BCUT2D eigenvalue weighted by Gasteiger charge is 2.20. The molecule has 106 valence electrons. The van der Waals surface area contributed by atoms with E-state index in [1.165, 1.54) is 11.1 Å². The summed E-state index contributed by atoms with van der Waals surface area (Å²) < 4.78 is 0.129. The second-order valence-electron chi connectivity index (χ2n) is 5.99. The van der Waals surface area contributed by atoms with Gasteiger partial charge in [0.05, 0.1) is 11.8 Å². The number of rotatable bonds is 4. The van der Waals surface area contributed by atoms with E-state index in [0.717, 1.165) is 0 Å². The Balaban J connectivity index is 2.63. The Morgan fingerprint density at radius 3 is 2.26 bits per heavy atom. The number of nitrogens with zero attached hydrogens (tertiary/aromatic N) is 1. The molecule has 0 radical (unpaired) electrons. The van der Waals surface area contributed by atoms with Crippen LogP contribution in [-0.4, -0.2) is 28.4 Å². The maximum atomic E-state index is 12.2. The van der Waals surface area contributed by atoms with Crippen molar-refractivity contribution in [2.24, 2.45) is 0 Å². The summed E-state index contributed by atoms with van der Waals surface area (Å²) in [6, 6.07) is 8.50. The molecule has 1 aromatic rings. The van der Waals surface area contributed by atoms with Crippen LogP contribution in [0.2, 0.25) is 0 Å². The van der Waals surface area contributed by atoms with Crippen LogP contribution in [0.3, 0.4) is 0 Å². The number of hydrogen-bond acceptors (Lipinski definition) is 2. The average Bonchev–Trinajstić information content (AvgIpc) is 2.34. The Morgan fingerprint density at radius 2 is 1.79 bits per heavy atom. The van der Waals surface area contributed by atoms with Gasteiger partial charge in [0, 0.05) is 11.8 Å². The topological polar surface area (TPSA) is 20.3 Å². The average molecular weight is 279 g/mol. The largest absolute Gasteiger partial charge is 0.338 e. The van der Waals surface area contributed by atoms with Crippen LogP contribution < -0.4 is 0 Å². The molecule has 0 N–H and O–H groups in total. The van der Waals surface area contributed by atoms with E-state index in [2.05, 4.69) is 58.9 Å². The Labute approximate surface area is 121 Å². The monoisotopic (exact) mass is 279 g/mol. The molecule has 0 aliphatic carbocycles. The summed E-state index contributed by atoms with van der Waals surface area (Å²) in [5.74, 6) is 0.726. The minimum Gasteiger partial charge on any atom is -0.338 e. The molecule has 1 rings (SSSR count). The molecule has 1 amide bonds. The fourth-order valence-corrected chi connectivity index (χ4v) is 2.42. The molecule has 1 atom stereocenters. The zero-order valence-corrected chi connectivity index (χ0v) is 13.7. The molecule has 1 aromatic carbocycles. The van der Waals surface area contributed by atoms with Gasteiger partial charge in [-0.1, -0.05) is 50.6 Å². The van der Waals surface area contributed by atoms with E-state index in [-0.39, 0.29) is 16.7 Å². The molecule has 0 bridgehead atoms. The summed E-state index contributed by atoms with van der Waals surface area (Å²) in [4.78, 5) is 14.0. The number of amides is 1. The molecular formula is C16H25NOS. The van der Waals surface area contributed by atoms with Crippen molar-refractivity contribution in [2.45, 2.75) is 45.4 Å². The van der Waals surface area contributed by atoms with Gasteiger partial charge in [-0.25, -0.2) is 0 Å². The summed E-state index contributed by atoms with van der Waals surface area (Å²) in [5, 5.41) is 0. The van der Waals surface area contributed by atoms with Crippen molar-refractivity contribution in [3.05, 3.63) is 35.4 Å². The van der Waals surface area contributed by atoms with Crippen LogP contribution in [0.15, 0.2) is 24.3 Å². The van der Waals surface area contributed by atoms with Crippen LogP contribution >= 0.6 is 11.8 Å². The predicted molar refractivity (Wildman–Crippen MR) is 84.6 cm³/mol. The highest BCUT2D eigenvalue weighted by molar-refractivity contribution is 8.01. The van der Waals surface area contributed by atoms with Crippen LogP contribution in [0, 0.1) is 6.92 Å². The second kappa shape index (κ2) is 6.47. The first-order chi connectivity index (χ1) is 8.70. The Hall–Kier alpha value is -0.960. The molecule has 0 saturated carbocycles. The minimum atomic E-state index is 0.119. The molecule has 0 aliphatic heterocycles. The van der Waals surface area contributed by atoms with Crippen LogP contribution in [-0.2, 0) is 4.79 Å². The standard InChI is InChI=1S/C16H25NOS/c1-12-7-9-14(10-8-12)13(2)17(6)15(18)11-19-16(3,4)5/h7-10,13H,11H2,1-6H3. The zero-order chi connectivity index (χ0) is 14.6. The highest BCUT2D eigenvalue weighted by atomic mass is 32.2. The van der Waals surface area contributed by atoms with Crippen LogP contribution in [0.4, 0.5) is 0 Å². The first-order valence-corrected chi connectivity index (χ1v) is 7.65. The lowest BCUT2D eigenvalue weighted by Gasteiger charge is -2.27. The SMILES string of the molecule is Cc1ccc(C(C)N(C)C(=O)CSC(C)(C)C)cc1. The van der Waals surface area contributed by atoms with Crippen molar-refractivity contribution in [3.8, 4) is 0 Å². The van der Waals surface area contributed by atoms with E-state index in [0.29, 0.717) is 5.75 Å². The zero-order valence-electron chi connectivity index (χ0n) is 12.9. The van der Waals surface area contributed by atoms with E-state index in [4.69, 9.17) is 0 Å². The summed E-state index contributed by atoms with van der Waals surface area (Å²) in [6.45, 7) is 10.5. The molecule has 0 heterocycles. The van der Waals surface area contributed by atoms with E-state index in [9.17, 15) is 4.79 Å². The van der Waals surface area contributed by atoms with Gasteiger partial charge in [0.1, 0.15) is 0 Å². The van der Waals surface area contributed by atoms with Gasteiger partial charge in [0.15, 0.2) is 0 Å². The lowest BCUT2D eigenvalue weighted by atomic mass is 10.1. The van der Waals surface area contributed by atoms with Gasteiger partial charge in [-0.15, -0.1) is 11.8 Å². The predicted octanol–water partition coefficient (Wildman–Crippen LogP) is 4.05. The van der Waals surface area contributed by atoms with Crippen LogP contribution in [0.5, 0.6) is 0 Å². The van der Waals surface area contributed by atoms with Gasteiger partial charge in [-0.3, -0.25) is 4.79 Å². The smallest absolute Gasteiger partial charge is 0.232 e. The fourth-order valence-electron chi connectivity index (χ4n) is 1.66. The van der Waals surface area contributed by atoms with Crippen LogP contribution in [0.25, 0.3) is 0 Å². The van der Waals surface area contributed by atoms with Crippen molar-refractivity contribution in [1.82, 2.24) is 4.90 Å². The number of carbonyl (C=O) groups is 1. The first-order valence-electron chi connectivity index (χ1n) is 6.67. The van der Waals surface area contributed by atoms with Gasteiger partial charge in [-0.05, 0) is 19.4 Å². The normalized spacial score (nSPS) is 13.2. The number of benzene rings is 1. The summed E-state index contributed by atoms with van der Waals surface area (Å²) in [7, 11) is 1.88. The first kappa shape index (κ1) is 16.1. The van der Waals surface area contributed by atoms with Gasteiger partial charge in [0.2, 0.25) is 5.91 Å². The third kappa shape index (κ3) is 5.27. The summed E-state index contributed by atoms with van der Waals surface area (Å²) in [6.07, 6.45) is 0. The maximum absolute atomic E-state index is 12.2. The van der Waals surface area contributed by atoms with E-state index >= 15 is 0 Å². The molecule has 0 aromatic heterocycles. The molecule has 0 aliphatic rings. The number of hydrogen-bond donors (Lipinski definition) is 0. The van der Waals surface area contributed by atoms with Crippen molar-refractivity contribution in [1.29, 1.82) is 0 Å². The molecule has 3 heteroatoms. The van der Waals surface area contributed by atoms with Gasteiger partial charge >= 0.3 is 0 Å². The highest BCUT2D eigenvalue weighted by Crippen LogP contribution is 2.25. The summed E-state index contributed by atoms with van der Waals surface area (Å²) in [5.41, 5.74) is 2.43. The van der Waals surface area contributed by atoms with Crippen molar-refractivity contribution < 1.29 is 4.79 Å². The van der Waals surface area contributed by atoms with E-state index in [1.807, 2.05) is 11.9 Å². The number of aryl methyl sites for hydroxylation is 1. The maximum Gasteiger partial charge on any atom is 0.232 e. The lowest BCUT2D eigenvalue weighted by Crippen LogP contribution is -2.32. The van der Waals surface area contributed by atoms with Crippen molar-refractivity contribution in [3.63, 3.8) is 0 Å². The Kier molecular flexibility index (Phi) is 5.48. The minimum absolute atomic E-state index is 0.119. The molecule has 0 spiro atoms. The number of carbonyl (C=O) groups excluding carboxylic acids is 1. The molecular weight excluding hydrogens is 254 g/mol. The number of thioether (sulfide) groups is 1. The summed E-state index contributed by atoms with van der Waals surface area (Å²) >= 11 is 1.69. The Bertz CT molecular complexity index is 419. The Morgan fingerprint density at radius 1 is 1.26 bits per heavy atom. The van der Waals surface area contributed by atoms with Gasteiger partial charge < -0.3 is 4.90 Å².